The first kappa shape index (κ1) is 13.5. The third-order valence-corrected chi connectivity index (χ3v) is 3.80. The zero-order valence-corrected chi connectivity index (χ0v) is 12.1. The average Bonchev–Trinajstić information content (AvgIpc) is 2.33. The van der Waals surface area contributed by atoms with Gasteiger partial charge in [-0.15, -0.1) is 0 Å². The van der Waals surface area contributed by atoms with Crippen LogP contribution in [-0.4, -0.2) is 0 Å². The van der Waals surface area contributed by atoms with E-state index < -0.39 is 0 Å². The quantitative estimate of drug-likeness (QED) is 0.781. The van der Waals surface area contributed by atoms with Crippen molar-refractivity contribution in [3.8, 4) is 0 Å². The molecule has 2 aromatic carbocycles. The first-order valence-corrected chi connectivity index (χ1v) is 6.64. The van der Waals surface area contributed by atoms with Crippen LogP contribution in [0.15, 0.2) is 36.4 Å². The maximum Gasteiger partial charge on any atom is 0.0823 e. The van der Waals surface area contributed by atoms with Gasteiger partial charge in [-0.3, -0.25) is 0 Å². The SMILES string of the molecule is Cc1ccc(CNc2cccc(Cl)c2Cl)c(Cl)c1. The van der Waals surface area contributed by atoms with E-state index in [-0.39, 0.29) is 0 Å². The summed E-state index contributed by atoms with van der Waals surface area (Å²) in [5.41, 5.74) is 2.98. The molecule has 0 radical (unpaired) electrons. The monoisotopic (exact) mass is 299 g/mol. The third-order valence-electron chi connectivity index (χ3n) is 2.63. The predicted octanol–water partition coefficient (Wildman–Crippen LogP) is 5.57. The van der Waals surface area contributed by atoms with E-state index in [0.717, 1.165) is 21.8 Å². The molecule has 0 fully saturated rings. The number of hydrogen-bond acceptors (Lipinski definition) is 1. The van der Waals surface area contributed by atoms with Crippen molar-refractivity contribution in [2.45, 2.75) is 13.5 Å². The Morgan fingerprint density at radius 3 is 2.50 bits per heavy atom. The molecular formula is C14H12Cl3N. The van der Waals surface area contributed by atoms with Gasteiger partial charge in [-0.2, -0.15) is 0 Å². The highest BCUT2D eigenvalue weighted by Crippen LogP contribution is 2.30. The molecular weight excluding hydrogens is 289 g/mol. The first-order valence-electron chi connectivity index (χ1n) is 5.51. The lowest BCUT2D eigenvalue weighted by atomic mass is 10.1. The van der Waals surface area contributed by atoms with E-state index in [1.165, 1.54) is 0 Å². The van der Waals surface area contributed by atoms with Gasteiger partial charge in [0.05, 0.1) is 15.7 Å². The Labute approximate surface area is 122 Å². The highest BCUT2D eigenvalue weighted by Gasteiger charge is 2.05. The van der Waals surface area contributed by atoms with Crippen molar-refractivity contribution in [2.24, 2.45) is 0 Å². The zero-order valence-electron chi connectivity index (χ0n) is 9.81. The van der Waals surface area contributed by atoms with E-state index in [9.17, 15) is 0 Å². The number of halogens is 3. The normalized spacial score (nSPS) is 10.4. The van der Waals surface area contributed by atoms with Crippen LogP contribution in [0.25, 0.3) is 0 Å². The second-order valence-electron chi connectivity index (χ2n) is 4.05. The molecule has 0 unspecified atom stereocenters. The number of rotatable bonds is 3. The summed E-state index contributed by atoms with van der Waals surface area (Å²) in [6.07, 6.45) is 0. The maximum absolute atomic E-state index is 6.17. The second kappa shape index (κ2) is 5.83. The molecule has 0 aliphatic heterocycles. The lowest BCUT2D eigenvalue weighted by Gasteiger charge is -2.10. The Bertz CT molecular complexity index is 567. The average molecular weight is 301 g/mol. The van der Waals surface area contributed by atoms with Gasteiger partial charge in [0, 0.05) is 11.6 Å². The third kappa shape index (κ3) is 3.11. The number of nitrogens with one attached hydrogen (secondary N) is 1. The molecule has 0 atom stereocenters. The first-order chi connectivity index (χ1) is 8.58. The Hall–Kier alpha value is -0.890. The molecule has 1 nitrogen and oxygen atoms in total. The molecule has 0 aliphatic carbocycles. The van der Waals surface area contributed by atoms with E-state index in [2.05, 4.69) is 5.32 Å². The number of anilines is 1. The minimum Gasteiger partial charge on any atom is -0.380 e. The second-order valence-corrected chi connectivity index (χ2v) is 5.24. The molecule has 2 rings (SSSR count). The van der Waals surface area contributed by atoms with Gasteiger partial charge in [-0.1, -0.05) is 53.0 Å². The lowest BCUT2D eigenvalue weighted by molar-refractivity contribution is 1.14. The smallest absolute Gasteiger partial charge is 0.0823 e. The van der Waals surface area contributed by atoms with E-state index in [4.69, 9.17) is 34.8 Å². The maximum atomic E-state index is 6.17. The Balaban J connectivity index is 2.14. The van der Waals surface area contributed by atoms with Gasteiger partial charge in [0.1, 0.15) is 0 Å². The molecule has 18 heavy (non-hydrogen) atoms. The largest absolute Gasteiger partial charge is 0.380 e. The van der Waals surface area contributed by atoms with Crippen molar-refractivity contribution >= 4 is 40.5 Å². The van der Waals surface area contributed by atoms with Gasteiger partial charge in [-0.25, -0.2) is 0 Å². The van der Waals surface area contributed by atoms with Crippen LogP contribution in [0.1, 0.15) is 11.1 Å². The topological polar surface area (TPSA) is 12.0 Å². The van der Waals surface area contributed by atoms with Gasteiger partial charge in [0.15, 0.2) is 0 Å². The van der Waals surface area contributed by atoms with Crippen molar-refractivity contribution in [1.29, 1.82) is 0 Å². The van der Waals surface area contributed by atoms with Gasteiger partial charge in [0.2, 0.25) is 0 Å². The predicted molar refractivity (Wildman–Crippen MR) is 80.0 cm³/mol. The molecule has 2 aromatic rings. The van der Waals surface area contributed by atoms with Crippen LogP contribution in [0.4, 0.5) is 5.69 Å². The summed E-state index contributed by atoms with van der Waals surface area (Å²) >= 11 is 18.2. The summed E-state index contributed by atoms with van der Waals surface area (Å²) in [6.45, 7) is 2.62. The number of aryl methyl sites for hydroxylation is 1. The summed E-state index contributed by atoms with van der Waals surface area (Å²) in [4.78, 5) is 0. The van der Waals surface area contributed by atoms with Crippen LogP contribution in [-0.2, 0) is 6.54 Å². The summed E-state index contributed by atoms with van der Waals surface area (Å²) in [5.74, 6) is 0. The van der Waals surface area contributed by atoms with Crippen molar-refractivity contribution in [3.05, 3.63) is 62.6 Å². The van der Waals surface area contributed by atoms with Crippen molar-refractivity contribution < 1.29 is 0 Å². The van der Waals surface area contributed by atoms with Crippen molar-refractivity contribution in [3.63, 3.8) is 0 Å². The van der Waals surface area contributed by atoms with Crippen molar-refractivity contribution in [2.75, 3.05) is 5.32 Å². The lowest BCUT2D eigenvalue weighted by Crippen LogP contribution is -2.00. The molecule has 0 saturated carbocycles. The van der Waals surface area contributed by atoms with Crippen molar-refractivity contribution in [1.82, 2.24) is 0 Å². The summed E-state index contributed by atoms with van der Waals surface area (Å²) in [5, 5.41) is 5.05. The minimum atomic E-state index is 0.530. The molecule has 0 saturated heterocycles. The molecule has 94 valence electrons. The minimum absolute atomic E-state index is 0.530. The van der Waals surface area contributed by atoms with Gasteiger partial charge >= 0.3 is 0 Å². The van der Waals surface area contributed by atoms with Crippen LogP contribution >= 0.6 is 34.8 Å². The Morgan fingerprint density at radius 1 is 1.00 bits per heavy atom. The van der Waals surface area contributed by atoms with Crippen LogP contribution in [0, 0.1) is 6.92 Å². The summed E-state index contributed by atoms with van der Waals surface area (Å²) in [7, 11) is 0. The van der Waals surface area contributed by atoms with E-state index >= 15 is 0 Å². The zero-order chi connectivity index (χ0) is 13.1. The van der Waals surface area contributed by atoms with Gasteiger partial charge in [0.25, 0.3) is 0 Å². The van der Waals surface area contributed by atoms with E-state index in [1.807, 2.05) is 37.3 Å². The molecule has 0 aliphatic rings. The summed E-state index contributed by atoms with van der Waals surface area (Å²) in [6, 6.07) is 11.5. The fraction of sp³-hybridized carbons (Fsp3) is 0.143. The molecule has 0 bridgehead atoms. The Kier molecular flexibility index (Phi) is 4.39. The van der Waals surface area contributed by atoms with Crippen LogP contribution < -0.4 is 5.32 Å². The van der Waals surface area contributed by atoms with E-state index in [0.29, 0.717) is 16.6 Å². The standard InChI is InChI=1S/C14H12Cl3N/c1-9-5-6-10(12(16)7-9)8-18-13-4-2-3-11(15)14(13)17/h2-7,18H,8H2,1H3. The molecule has 0 amide bonds. The highest BCUT2D eigenvalue weighted by molar-refractivity contribution is 6.43. The van der Waals surface area contributed by atoms with E-state index in [1.54, 1.807) is 6.07 Å². The number of hydrogen-bond donors (Lipinski definition) is 1. The summed E-state index contributed by atoms with van der Waals surface area (Å²) < 4.78 is 0. The van der Waals surface area contributed by atoms with Crippen LogP contribution in [0.2, 0.25) is 15.1 Å². The molecule has 0 spiro atoms. The molecule has 1 N–H and O–H groups in total. The fourth-order valence-corrected chi connectivity index (χ4v) is 2.30. The van der Waals surface area contributed by atoms with Gasteiger partial charge < -0.3 is 5.32 Å². The van der Waals surface area contributed by atoms with Crippen LogP contribution in [0.3, 0.4) is 0 Å². The fourth-order valence-electron chi connectivity index (χ4n) is 1.63. The highest BCUT2D eigenvalue weighted by atomic mass is 35.5. The molecule has 4 heteroatoms. The molecule has 0 aromatic heterocycles. The van der Waals surface area contributed by atoms with Crippen LogP contribution in [0.5, 0.6) is 0 Å². The van der Waals surface area contributed by atoms with Gasteiger partial charge in [-0.05, 0) is 36.2 Å². The number of benzene rings is 2. The molecule has 0 heterocycles. The Morgan fingerprint density at radius 2 is 1.78 bits per heavy atom.